The van der Waals surface area contributed by atoms with Crippen LogP contribution >= 0.6 is 11.6 Å². The number of rotatable bonds is 3. The van der Waals surface area contributed by atoms with Crippen LogP contribution in [0.2, 0.25) is 5.15 Å². The average molecular weight is 312 g/mol. The highest BCUT2D eigenvalue weighted by molar-refractivity contribution is 6.33. The minimum absolute atomic E-state index is 0.00941. The van der Waals surface area contributed by atoms with Crippen LogP contribution in [0, 0.1) is 11.6 Å². The second-order valence-corrected chi connectivity index (χ2v) is 4.36. The van der Waals surface area contributed by atoms with Crippen LogP contribution in [0.4, 0.5) is 14.5 Å². The van der Waals surface area contributed by atoms with Gasteiger partial charge in [-0.1, -0.05) is 11.6 Å². The molecular weight excluding hydrogens is 304 g/mol. The van der Waals surface area contributed by atoms with Gasteiger partial charge in [0.05, 0.1) is 17.4 Å². The van der Waals surface area contributed by atoms with Crippen LogP contribution in [0.1, 0.15) is 20.7 Å². The van der Waals surface area contributed by atoms with Gasteiger partial charge in [0.1, 0.15) is 16.8 Å². The first-order valence-corrected chi connectivity index (χ1v) is 5.98. The minimum Gasteiger partial charge on any atom is -0.366 e. The molecule has 1 aromatic carbocycles. The Balaban J connectivity index is 2.33. The summed E-state index contributed by atoms with van der Waals surface area (Å²) in [5.74, 6) is -3.20. The zero-order chi connectivity index (χ0) is 15.6. The van der Waals surface area contributed by atoms with E-state index in [0.29, 0.717) is 0 Å². The van der Waals surface area contributed by atoms with Crippen molar-refractivity contribution in [3.8, 4) is 0 Å². The Kier molecular flexibility index (Phi) is 4.13. The topological polar surface area (TPSA) is 85.1 Å². The van der Waals surface area contributed by atoms with Crippen molar-refractivity contribution in [2.75, 3.05) is 5.32 Å². The van der Waals surface area contributed by atoms with E-state index in [1.807, 2.05) is 0 Å². The van der Waals surface area contributed by atoms with Gasteiger partial charge in [0, 0.05) is 5.56 Å². The molecule has 0 atom stereocenters. The Morgan fingerprint density at radius 2 is 1.95 bits per heavy atom. The number of hydrogen-bond acceptors (Lipinski definition) is 3. The van der Waals surface area contributed by atoms with Gasteiger partial charge >= 0.3 is 0 Å². The molecular formula is C13H8ClF2N3O2. The summed E-state index contributed by atoms with van der Waals surface area (Å²) in [6.45, 7) is 0. The van der Waals surface area contributed by atoms with Crippen molar-refractivity contribution in [2.45, 2.75) is 0 Å². The monoisotopic (exact) mass is 311 g/mol. The number of anilines is 1. The predicted molar refractivity (Wildman–Crippen MR) is 72.1 cm³/mol. The third kappa shape index (κ3) is 3.32. The SMILES string of the molecule is NC(=O)c1ccc(F)c(NC(=O)c2cc(F)cnc2Cl)c1. The number of aromatic nitrogens is 1. The number of nitrogens with two attached hydrogens (primary N) is 1. The molecule has 0 saturated heterocycles. The van der Waals surface area contributed by atoms with E-state index < -0.39 is 23.4 Å². The van der Waals surface area contributed by atoms with Crippen LogP contribution in [0.15, 0.2) is 30.5 Å². The van der Waals surface area contributed by atoms with Crippen LogP contribution in [0.5, 0.6) is 0 Å². The standard InChI is InChI=1S/C13H8ClF2N3O2/c14-11-8(4-7(15)5-18-11)13(21)19-10-3-6(12(17)20)1-2-9(10)16/h1-5H,(H2,17,20)(H,19,21). The molecule has 0 aliphatic carbocycles. The maximum Gasteiger partial charge on any atom is 0.258 e. The number of nitrogens with zero attached hydrogens (tertiary/aromatic N) is 1. The molecule has 0 bridgehead atoms. The van der Waals surface area contributed by atoms with E-state index in [9.17, 15) is 18.4 Å². The van der Waals surface area contributed by atoms with Crippen molar-refractivity contribution in [3.05, 3.63) is 58.4 Å². The summed E-state index contributed by atoms with van der Waals surface area (Å²) in [6, 6.07) is 4.07. The van der Waals surface area contributed by atoms with Crippen molar-refractivity contribution < 1.29 is 18.4 Å². The summed E-state index contributed by atoms with van der Waals surface area (Å²) in [7, 11) is 0. The number of amides is 2. The summed E-state index contributed by atoms with van der Waals surface area (Å²) in [6.07, 6.45) is 0.841. The second kappa shape index (κ2) is 5.84. The molecule has 108 valence electrons. The highest BCUT2D eigenvalue weighted by Crippen LogP contribution is 2.19. The summed E-state index contributed by atoms with van der Waals surface area (Å²) in [5.41, 5.74) is 4.53. The summed E-state index contributed by atoms with van der Waals surface area (Å²) in [5, 5.41) is 1.94. The minimum atomic E-state index is -0.868. The quantitative estimate of drug-likeness (QED) is 0.853. The van der Waals surface area contributed by atoms with Crippen LogP contribution in [-0.4, -0.2) is 16.8 Å². The van der Waals surface area contributed by atoms with Crippen molar-refractivity contribution in [1.29, 1.82) is 0 Å². The number of carbonyl (C=O) groups excluding carboxylic acids is 2. The van der Waals surface area contributed by atoms with E-state index in [1.54, 1.807) is 0 Å². The third-order valence-electron chi connectivity index (χ3n) is 2.55. The van der Waals surface area contributed by atoms with Gasteiger partial charge in [-0.05, 0) is 24.3 Å². The smallest absolute Gasteiger partial charge is 0.258 e. The largest absolute Gasteiger partial charge is 0.366 e. The number of pyridine rings is 1. The molecule has 21 heavy (non-hydrogen) atoms. The van der Waals surface area contributed by atoms with E-state index >= 15 is 0 Å². The van der Waals surface area contributed by atoms with Crippen molar-refractivity contribution >= 4 is 29.1 Å². The van der Waals surface area contributed by atoms with Crippen molar-refractivity contribution in [1.82, 2.24) is 4.98 Å². The van der Waals surface area contributed by atoms with E-state index in [2.05, 4.69) is 10.3 Å². The summed E-state index contributed by atoms with van der Waals surface area (Å²) >= 11 is 5.67. The summed E-state index contributed by atoms with van der Waals surface area (Å²) < 4.78 is 26.7. The highest BCUT2D eigenvalue weighted by Gasteiger charge is 2.15. The fraction of sp³-hybridized carbons (Fsp3) is 0. The Labute approximate surface area is 122 Å². The number of hydrogen-bond donors (Lipinski definition) is 2. The maximum atomic E-state index is 13.6. The molecule has 0 fully saturated rings. The third-order valence-corrected chi connectivity index (χ3v) is 2.85. The molecule has 0 radical (unpaired) electrons. The molecule has 0 aliphatic rings. The Morgan fingerprint density at radius 3 is 2.62 bits per heavy atom. The fourth-order valence-electron chi connectivity index (χ4n) is 1.55. The van der Waals surface area contributed by atoms with E-state index in [0.717, 1.165) is 24.4 Å². The lowest BCUT2D eigenvalue weighted by Gasteiger charge is -2.08. The Hall–Kier alpha value is -2.54. The van der Waals surface area contributed by atoms with Gasteiger partial charge in [0.2, 0.25) is 5.91 Å². The van der Waals surface area contributed by atoms with Gasteiger partial charge in [-0.2, -0.15) is 0 Å². The number of carbonyl (C=O) groups is 2. The van der Waals surface area contributed by atoms with Gasteiger partial charge < -0.3 is 11.1 Å². The zero-order valence-corrected chi connectivity index (χ0v) is 11.1. The molecule has 1 aromatic heterocycles. The van der Waals surface area contributed by atoms with E-state index in [-0.39, 0.29) is 22.0 Å². The molecule has 0 unspecified atom stereocenters. The van der Waals surface area contributed by atoms with E-state index in [1.165, 1.54) is 6.07 Å². The molecule has 8 heteroatoms. The van der Waals surface area contributed by atoms with Gasteiger partial charge in [-0.25, -0.2) is 13.8 Å². The van der Waals surface area contributed by atoms with Gasteiger partial charge in [0.15, 0.2) is 0 Å². The fourth-order valence-corrected chi connectivity index (χ4v) is 1.73. The van der Waals surface area contributed by atoms with Crippen LogP contribution < -0.4 is 11.1 Å². The lowest BCUT2D eigenvalue weighted by atomic mass is 10.1. The molecule has 2 aromatic rings. The molecule has 0 spiro atoms. The second-order valence-electron chi connectivity index (χ2n) is 4.00. The molecule has 3 N–H and O–H groups in total. The number of benzene rings is 1. The predicted octanol–water partition coefficient (Wildman–Crippen LogP) is 2.36. The first-order valence-electron chi connectivity index (χ1n) is 5.60. The number of halogens is 3. The lowest BCUT2D eigenvalue weighted by Crippen LogP contribution is -2.16. The maximum absolute atomic E-state index is 13.6. The summed E-state index contributed by atoms with van der Waals surface area (Å²) in [4.78, 5) is 26.4. The molecule has 0 saturated carbocycles. The molecule has 1 heterocycles. The lowest BCUT2D eigenvalue weighted by molar-refractivity contribution is 0.0996. The van der Waals surface area contributed by atoms with Crippen molar-refractivity contribution in [3.63, 3.8) is 0 Å². The normalized spacial score (nSPS) is 10.2. The highest BCUT2D eigenvalue weighted by atomic mass is 35.5. The Bertz CT molecular complexity index is 737. The number of primary amides is 1. The first kappa shape index (κ1) is 14.9. The van der Waals surface area contributed by atoms with Gasteiger partial charge in [-0.15, -0.1) is 0 Å². The van der Waals surface area contributed by atoms with Crippen molar-refractivity contribution in [2.24, 2.45) is 5.73 Å². The van der Waals surface area contributed by atoms with E-state index in [4.69, 9.17) is 17.3 Å². The van der Waals surface area contributed by atoms with Crippen LogP contribution in [0.3, 0.4) is 0 Å². The molecule has 5 nitrogen and oxygen atoms in total. The molecule has 2 amide bonds. The van der Waals surface area contributed by atoms with Gasteiger partial charge in [0.25, 0.3) is 5.91 Å². The van der Waals surface area contributed by atoms with Crippen LogP contribution in [-0.2, 0) is 0 Å². The zero-order valence-electron chi connectivity index (χ0n) is 10.4. The van der Waals surface area contributed by atoms with Gasteiger partial charge in [-0.3, -0.25) is 9.59 Å². The average Bonchev–Trinajstić information content (AvgIpc) is 2.43. The Morgan fingerprint density at radius 1 is 1.24 bits per heavy atom. The molecule has 2 rings (SSSR count). The number of nitrogens with one attached hydrogen (secondary N) is 1. The first-order chi connectivity index (χ1) is 9.88. The molecule has 0 aliphatic heterocycles. The van der Waals surface area contributed by atoms with Crippen LogP contribution in [0.25, 0.3) is 0 Å².